The second-order valence-corrected chi connectivity index (χ2v) is 2.07. The van der Waals surface area contributed by atoms with E-state index < -0.39 is 18.0 Å². The predicted molar refractivity (Wildman–Crippen MR) is 43.0 cm³/mol. The van der Waals surface area contributed by atoms with Crippen LogP contribution in [0.4, 0.5) is 0 Å². The molecule has 0 amide bonds. The molecular formula is C6H8BNO5. The fourth-order valence-corrected chi connectivity index (χ4v) is 0.584. The van der Waals surface area contributed by atoms with E-state index in [-0.39, 0.29) is 6.42 Å². The number of nitrogens with zero attached hydrogens (tertiary/aromatic N) is 1. The molecule has 0 aliphatic heterocycles. The van der Waals surface area contributed by atoms with Gasteiger partial charge in [0.15, 0.2) is 0 Å². The third kappa shape index (κ3) is 4.83. The molecule has 0 aromatic heterocycles. The van der Waals surface area contributed by atoms with Gasteiger partial charge in [0.05, 0.1) is 0 Å². The van der Waals surface area contributed by atoms with E-state index in [1.54, 1.807) is 0 Å². The molecule has 6 nitrogen and oxygen atoms in total. The van der Waals surface area contributed by atoms with Crippen molar-refractivity contribution in [2.45, 2.75) is 12.5 Å². The van der Waals surface area contributed by atoms with Crippen LogP contribution in [0.25, 0.3) is 0 Å². The van der Waals surface area contributed by atoms with Gasteiger partial charge in [-0.2, -0.15) is 0 Å². The molecule has 0 saturated carbocycles. The number of carbonyl (C=O) groups excluding carboxylic acids is 1. The Labute approximate surface area is 74.9 Å². The molecule has 0 unspecified atom stereocenters. The van der Waals surface area contributed by atoms with Crippen molar-refractivity contribution in [1.29, 1.82) is 0 Å². The number of aliphatic imine (C=N–C) groups is 1. The number of hydrogen-bond acceptors (Lipinski definition) is 5. The van der Waals surface area contributed by atoms with Gasteiger partial charge in [-0.05, 0) is 0 Å². The Balaban J connectivity index is 4.26. The average Bonchev–Trinajstić information content (AvgIpc) is 2.11. The van der Waals surface area contributed by atoms with Crippen molar-refractivity contribution < 1.29 is 24.1 Å². The van der Waals surface area contributed by atoms with Crippen molar-refractivity contribution in [1.82, 2.24) is 0 Å². The molecule has 0 saturated heterocycles. The Morgan fingerprint density at radius 2 is 2.31 bits per heavy atom. The van der Waals surface area contributed by atoms with Gasteiger partial charge in [-0.3, -0.25) is 0 Å². The molecule has 70 valence electrons. The van der Waals surface area contributed by atoms with Gasteiger partial charge in [-0.25, -0.2) is 0 Å². The fraction of sp³-hybridized carbons (Fsp3) is 0.500. The van der Waals surface area contributed by atoms with Gasteiger partial charge in [-0.1, -0.05) is 0 Å². The van der Waals surface area contributed by atoms with Crippen LogP contribution in [0.3, 0.4) is 0 Å². The van der Waals surface area contributed by atoms with Crippen LogP contribution < -0.4 is 0 Å². The van der Waals surface area contributed by atoms with Crippen molar-refractivity contribution in [3.05, 3.63) is 0 Å². The molecule has 13 heavy (non-hydrogen) atoms. The summed E-state index contributed by atoms with van der Waals surface area (Å²) in [4.78, 5) is 24.4. The van der Waals surface area contributed by atoms with Gasteiger partial charge in [-0.15, -0.1) is 0 Å². The molecular weight excluding hydrogens is 177 g/mol. The molecule has 1 N–H and O–H groups in total. The summed E-state index contributed by atoms with van der Waals surface area (Å²) in [6.45, 7) is 0. The quantitative estimate of drug-likeness (QED) is 0.339. The molecule has 0 rings (SSSR count). The van der Waals surface area contributed by atoms with Crippen molar-refractivity contribution in [3.8, 4) is 0 Å². The summed E-state index contributed by atoms with van der Waals surface area (Å²) in [5.41, 5.74) is 0. The molecule has 1 atom stereocenters. The Morgan fingerprint density at radius 1 is 1.69 bits per heavy atom. The number of ether oxygens (including phenoxy) is 1. The first kappa shape index (κ1) is 11.5. The van der Waals surface area contributed by atoms with E-state index in [0.29, 0.717) is 7.15 Å². The van der Waals surface area contributed by atoms with Crippen LogP contribution in [0.1, 0.15) is 6.42 Å². The Hall–Kier alpha value is -1.53. The molecule has 0 aromatic rings. The van der Waals surface area contributed by atoms with Crippen LogP contribution in [0, 0.1) is 0 Å². The predicted octanol–water partition coefficient (Wildman–Crippen LogP) is -0.919. The topological polar surface area (TPSA) is 93.0 Å². The number of carbonyl (C=O) groups is 2. The van der Waals surface area contributed by atoms with E-state index >= 15 is 0 Å². The summed E-state index contributed by atoms with van der Waals surface area (Å²) in [5, 5.41) is 8.51. The van der Waals surface area contributed by atoms with Crippen molar-refractivity contribution in [2.75, 3.05) is 7.11 Å². The summed E-state index contributed by atoms with van der Waals surface area (Å²) in [7, 11) is 1.48. The standard InChI is InChI=1S/C6H8BNO5/c1-13-5(9)2-4(6(10)11)8-3-7-12/h3-4H,2H2,1H3,(H,10,11)/t4-/m0/s1. The zero-order chi connectivity index (χ0) is 10.3. The summed E-state index contributed by atoms with van der Waals surface area (Å²) in [6, 6.07) is -1.25. The average molecular weight is 185 g/mol. The van der Waals surface area contributed by atoms with E-state index in [0.717, 1.165) is 13.2 Å². The minimum absolute atomic E-state index is 0.340. The fourth-order valence-electron chi connectivity index (χ4n) is 0.584. The first-order valence-electron chi connectivity index (χ1n) is 3.38. The van der Waals surface area contributed by atoms with Gasteiger partial charge in [0.2, 0.25) is 0 Å². The number of esters is 1. The first-order chi connectivity index (χ1) is 6.11. The van der Waals surface area contributed by atoms with Crippen molar-refractivity contribution in [2.24, 2.45) is 4.99 Å². The molecule has 0 aromatic carbocycles. The van der Waals surface area contributed by atoms with E-state index in [1.165, 1.54) is 0 Å². The number of methoxy groups -OCH3 is 1. The zero-order valence-electron chi connectivity index (χ0n) is 6.97. The maximum absolute atomic E-state index is 10.6. The van der Waals surface area contributed by atoms with Crippen LogP contribution in [-0.4, -0.2) is 43.5 Å². The normalized spacial score (nSPS) is 12.1. The molecule has 0 aliphatic carbocycles. The Bertz CT molecular complexity index is 239. The van der Waals surface area contributed by atoms with Crippen LogP contribution in [0.2, 0.25) is 0 Å². The zero-order valence-corrected chi connectivity index (χ0v) is 6.97. The van der Waals surface area contributed by atoms with Gasteiger partial charge >= 0.3 is 73.9 Å². The van der Waals surface area contributed by atoms with Crippen LogP contribution in [0.5, 0.6) is 0 Å². The summed E-state index contributed by atoms with van der Waals surface area (Å²) >= 11 is 0. The van der Waals surface area contributed by atoms with Crippen molar-refractivity contribution in [3.63, 3.8) is 0 Å². The maximum atomic E-state index is 10.6. The van der Waals surface area contributed by atoms with Gasteiger partial charge in [0, 0.05) is 0 Å². The van der Waals surface area contributed by atoms with E-state index in [9.17, 15) is 14.3 Å². The number of carboxylic acid groups (broad SMARTS) is 1. The third-order valence-electron chi connectivity index (χ3n) is 1.20. The molecule has 0 radical (unpaired) electrons. The summed E-state index contributed by atoms with van der Waals surface area (Å²) in [5.74, 6) is -1.96. The summed E-state index contributed by atoms with van der Waals surface area (Å²) < 4.78 is 14.1. The molecule has 0 spiro atoms. The van der Waals surface area contributed by atoms with Crippen LogP contribution >= 0.6 is 0 Å². The number of aliphatic carboxylic acids is 1. The number of hydrogen-bond donors (Lipinski definition) is 1. The third-order valence-corrected chi connectivity index (χ3v) is 1.20. The molecule has 0 fully saturated rings. The molecule has 0 bridgehead atoms. The SMILES string of the molecule is COC(=O)C[C@H](N=CB=O)C(=O)O. The van der Waals surface area contributed by atoms with Gasteiger partial charge < -0.3 is 0 Å². The van der Waals surface area contributed by atoms with Crippen molar-refractivity contribution >= 4 is 25.2 Å². The number of rotatable bonds is 5. The monoisotopic (exact) mass is 185 g/mol. The van der Waals surface area contributed by atoms with Gasteiger partial charge in [0.25, 0.3) is 0 Å². The molecule has 7 heteroatoms. The minimum atomic E-state index is -1.27. The number of carboxylic acids is 1. The Morgan fingerprint density at radius 3 is 2.69 bits per heavy atom. The molecule has 0 aliphatic rings. The first-order valence-corrected chi connectivity index (χ1v) is 3.38. The van der Waals surface area contributed by atoms with Crippen LogP contribution in [-0.2, 0) is 19.0 Å². The second-order valence-electron chi connectivity index (χ2n) is 2.07. The Kier molecular flexibility index (Phi) is 5.33. The van der Waals surface area contributed by atoms with E-state index in [2.05, 4.69) is 9.73 Å². The molecule has 0 heterocycles. The van der Waals surface area contributed by atoms with Crippen LogP contribution in [0.15, 0.2) is 4.99 Å². The van der Waals surface area contributed by atoms with E-state index in [1.807, 2.05) is 0 Å². The van der Waals surface area contributed by atoms with Gasteiger partial charge in [0.1, 0.15) is 0 Å². The second kappa shape index (κ2) is 6.04. The van der Waals surface area contributed by atoms with E-state index in [4.69, 9.17) is 5.11 Å². The summed E-state index contributed by atoms with van der Waals surface area (Å²) in [6.07, 6.45) is 0.415.